The molecule has 39 heavy (non-hydrogen) atoms. The zero-order valence-corrected chi connectivity index (χ0v) is 22.4. The van der Waals surface area contributed by atoms with Crippen molar-refractivity contribution in [3.63, 3.8) is 0 Å². The Balaban J connectivity index is 1.63. The van der Waals surface area contributed by atoms with Gasteiger partial charge in [0.25, 0.3) is 0 Å². The number of methoxy groups -OCH3 is 2. The number of ether oxygens (including phenoxy) is 3. The summed E-state index contributed by atoms with van der Waals surface area (Å²) in [6.45, 7) is 1.23. The molecule has 0 saturated carbocycles. The summed E-state index contributed by atoms with van der Waals surface area (Å²) in [7, 11) is 3.09. The molecule has 0 radical (unpaired) electrons. The second-order valence-corrected chi connectivity index (χ2v) is 9.60. The average Bonchev–Trinajstić information content (AvgIpc) is 3.49. The molecule has 1 saturated heterocycles. The molecule has 2 atom stereocenters. The van der Waals surface area contributed by atoms with Crippen LogP contribution in [0, 0.1) is 5.82 Å². The summed E-state index contributed by atoms with van der Waals surface area (Å²) >= 11 is 0. The molecule has 0 bridgehead atoms. The van der Waals surface area contributed by atoms with E-state index in [0.717, 1.165) is 29.5 Å². The third kappa shape index (κ3) is 7.80. The Kier molecular flexibility index (Phi) is 9.91. The molecule has 2 unspecified atom stereocenters. The van der Waals surface area contributed by atoms with E-state index in [2.05, 4.69) is 5.32 Å². The monoisotopic (exact) mass is 534 g/mol. The standard InChI is InChI=1S/C31H35FN2O5/c1-37-28-15-12-24(18-29(28)38-2)19-30(35)34(21-23-10-13-25(32)14-11-23)27(17-22-7-4-3-5-8-22)31(36)33-20-26-9-6-16-39-26/h3-5,7-8,10-15,18,26-27H,6,9,16-17,19-21H2,1-2H3,(H,33,36). The summed E-state index contributed by atoms with van der Waals surface area (Å²) < 4.78 is 30.1. The first-order chi connectivity index (χ1) is 19.0. The second-order valence-electron chi connectivity index (χ2n) is 9.60. The van der Waals surface area contributed by atoms with Gasteiger partial charge in [0.05, 0.1) is 26.7 Å². The van der Waals surface area contributed by atoms with E-state index in [-0.39, 0.29) is 36.7 Å². The number of carbonyl (C=O) groups excluding carboxylic acids is 2. The normalized spacial score (nSPS) is 15.4. The molecule has 1 fully saturated rings. The van der Waals surface area contributed by atoms with Gasteiger partial charge < -0.3 is 24.4 Å². The van der Waals surface area contributed by atoms with Crippen LogP contribution in [-0.2, 0) is 33.7 Å². The highest BCUT2D eigenvalue weighted by Gasteiger charge is 2.31. The predicted molar refractivity (Wildman–Crippen MR) is 146 cm³/mol. The highest BCUT2D eigenvalue weighted by molar-refractivity contribution is 5.89. The van der Waals surface area contributed by atoms with Crippen LogP contribution in [0.1, 0.15) is 29.5 Å². The minimum atomic E-state index is -0.786. The first-order valence-electron chi connectivity index (χ1n) is 13.1. The van der Waals surface area contributed by atoms with Crippen molar-refractivity contribution in [1.29, 1.82) is 0 Å². The maximum absolute atomic E-state index is 13.9. The van der Waals surface area contributed by atoms with Gasteiger partial charge in [-0.2, -0.15) is 0 Å². The number of nitrogens with zero attached hydrogens (tertiary/aromatic N) is 1. The van der Waals surface area contributed by atoms with Gasteiger partial charge in [-0.3, -0.25) is 9.59 Å². The third-order valence-corrected chi connectivity index (χ3v) is 6.87. The molecule has 7 nitrogen and oxygen atoms in total. The smallest absolute Gasteiger partial charge is 0.243 e. The average molecular weight is 535 g/mol. The van der Waals surface area contributed by atoms with E-state index in [9.17, 15) is 14.0 Å². The maximum Gasteiger partial charge on any atom is 0.243 e. The number of nitrogens with one attached hydrogen (secondary N) is 1. The number of halogens is 1. The lowest BCUT2D eigenvalue weighted by molar-refractivity contribution is -0.141. The number of benzene rings is 3. The van der Waals surface area contributed by atoms with Crippen LogP contribution in [0.5, 0.6) is 11.5 Å². The molecule has 1 heterocycles. The number of hydrogen-bond donors (Lipinski definition) is 1. The van der Waals surface area contributed by atoms with Crippen molar-refractivity contribution in [2.75, 3.05) is 27.4 Å². The van der Waals surface area contributed by atoms with Gasteiger partial charge in [-0.15, -0.1) is 0 Å². The van der Waals surface area contributed by atoms with Crippen molar-refractivity contribution >= 4 is 11.8 Å². The Morgan fingerprint density at radius 3 is 2.36 bits per heavy atom. The SMILES string of the molecule is COc1ccc(CC(=O)N(Cc2ccc(F)cc2)C(Cc2ccccc2)C(=O)NCC2CCCO2)cc1OC. The molecule has 0 aliphatic carbocycles. The van der Waals surface area contributed by atoms with E-state index in [4.69, 9.17) is 14.2 Å². The van der Waals surface area contributed by atoms with E-state index in [1.807, 2.05) is 30.3 Å². The topological polar surface area (TPSA) is 77.1 Å². The number of carbonyl (C=O) groups is 2. The molecule has 1 aliphatic heterocycles. The molecule has 2 amide bonds. The summed E-state index contributed by atoms with van der Waals surface area (Å²) in [5.74, 6) is 0.226. The van der Waals surface area contributed by atoms with Crippen LogP contribution in [0.2, 0.25) is 0 Å². The molecule has 3 aromatic carbocycles. The maximum atomic E-state index is 13.9. The van der Waals surface area contributed by atoms with Crippen LogP contribution < -0.4 is 14.8 Å². The molecule has 206 valence electrons. The Morgan fingerprint density at radius 1 is 0.974 bits per heavy atom. The molecule has 1 aliphatic rings. The van der Waals surface area contributed by atoms with Crippen molar-refractivity contribution in [1.82, 2.24) is 10.2 Å². The Morgan fingerprint density at radius 2 is 1.69 bits per heavy atom. The molecule has 0 aromatic heterocycles. The zero-order chi connectivity index (χ0) is 27.6. The van der Waals surface area contributed by atoms with E-state index >= 15 is 0 Å². The highest BCUT2D eigenvalue weighted by atomic mass is 19.1. The Labute approximate surface area is 228 Å². The third-order valence-electron chi connectivity index (χ3n) is 6.87. The quantitative estimate of drug-likeness (QED) is 0.375. The summed E-state index contributed by atoms with van der Waals surface area (Å²) in [4.78, 5) is 29.2. The predicted octanol–water partition coefficient (Wildman–Crippen LogP) is 4.32. The van der Waals surface area contributed by atoms with Crippen LogP contribution in [0.25, 0.3) is 0 Å². The first-order valence-corrected chi connectivity index (χ1v) is 13.1. The summed E-state index contributed by atoms with van der Waals surface area (Å²) in [5, 5.41) is 3.02. The van der Waals surface area contributed by atoms with Crippen molar-refractivity contribution in [2.24, 2.45) is 0 Å². The highest BCUT2D eigenvalue weighted by Crippen LogP contribution is 2.28. The van der Waals surface area contributed by atoms with Gasteiger partial charge in [0.2, 0.25) is 11.8 Å². The lowest BCUT2D eigenvalue weighted by Crippen LogP contribution is -2.52. The van der Waals surface area contributed by atoms with Crippen LogP contribution in [0.4, 0.5) is 4.39 Å². The summed E-state index contributed by atoms with van der Waals surface area (Å²) in [6, 6.07) is 20.1. The van der Waals surface area contributed by atoms with Crippen LogP contribution in [-0.4, -0.2) is 56.2 Å². The van der Waals surface area contributed by atoms with Crippen molar-refractivity contribution in [3.05, 3.63) is 95.3 Å². The van der Waals surface area contributed by atoms with Crippen LogP contribution >= 0.6 is 0 Å². The van der Waals surface area contributed by atoms with Crippen LogP contribution in [0.3, 0.4) is 0 Å². The minimum Gasteiger partial charge on any atom is -0.493 e. The van der Waals surface area contributed by atoms with Gasteiger partial charge >= 0.3 is 0 Å². The van der Waals surface area contributed by atoms with Gasteiger partial charge in [0, 0.05) is 26.1 Å². The van der Waals surface area contributed by atoms with Crippen LogP contribution in [0.15, 0.2) is 72.8 Å². The largest absolute Gasteiger partial charge is 0.493 e. The molecule has 1 N–H and O–H groups in total. The Bertz CT molecular complexity index is 1230. The minimum absolute atomic E-state index is 0.0284. The fourth-order valence-electron chi connectivity index (χ4n) is 4.74. The molecule has 4 rings (SSSR count). The zero-order valence-electron chi connectivity index (χ0n) is 22.4. The van der Waals surface area contributed by atoms with Gasteiger partial charge in [0.1, 0.15) is 11.9 Å². The van der Waals surface area contributed by atoms with Crippen molar-refractivity contribution < 1.29 is 28.2 Å². The molecular weight excluding hydrogens is 499 g/mol. The number of hydrogen-bond acceptors (Lipinski definition) is 5. The molecule has 8 heteroatoms. The molecule has 0 spiro atoms. The van der Waals surface area contributed by atoms with Crippen molar-refractivity contribution in [2.45, 2.75) is 44.4 Å². The van der Waals surface area contributed by atoms with Gasteiger partial charge in [0.15, 0.2) is 11.5 Å². The number of amides is 2. The van der Waals surface area contributed by atoms with Crippen molar-refractivity contribution in [3.8, 4) is 11.5 Å². The fourth-order valence-corrected chi connectivity index (χ4v) is 4.74. The molecular formula is C31H35FN2O5. The van der Waals surface area contributed by atoms with E-state index < -0.39 is 6.04 Å². The lowest BCUT2D eigenvalue weighted by atomic mass is 10.0. The number of rotatable bonds is 12. The van der Waals surface area contributed by atoms with E-state index in [0.29, 0.717) is 31.1 Å². The fraction of sp³-hybridized carbons (Fsp3) is 0.355. The van der Waals surface area contributed by atoms with Gasteiger partial charge in [-0.05, 0) is 53.8 Å². The van der Waals surface area contributed by atoms with Gasteiger partial charge in [-0.1, -0.05) is 48.5 Å². The van der Waals surface area contributed by atoms with E-state index in [1.54, 1.807) is 49.5 Å². The molecule has 3 aromatic rings. The van der Waals surface area contributed by atoms with Gasteiger partial charge in [-0.25, -0.2) is 4.39 Å². The second kappa shape index (κ2) is 13.8. The van der Waals surface area contributed by atoms with E-state index in [1.165, 1.54) is 12.1 Å². The summed E-state index contributed by atoms with van der Waals surface area (Å²) in [6.07, 6.45) is 2.21. The lowest BCUT2D eigenvalue weighted by Gasteiger charge is -2.32. The summed E-state index contributed by atoms with van der Waals surface area (Å²) in [5.41, 5.74) is 2.37. The Hall–Kier alpha value is -3.91. The first kappa shape index (κ1) is 28.1.